The van der Waals surface area contributed by atoms with Gasteiger partial charge in [0.25, 0.3) is 11.8 Å². The Bertz CT molecular complexity index is 1150. The quantitative estimate of drug-likeness (QED) is 0.208. The van der Waals surface area contributed by atoms with Crippen LogP contribution in [-0.2, 0) is 6.42 Å². The van der Waals surface area contributed by atoms with Gasteiger partial charge in [0.05, 0.1) is 11.1 Å². The molecule has 1 aliphatic rings. The zero-order chi connectivity index (χ0) is 23.8. The Morgan fingerprint density at radius 2 is 1.12 bits per heavy atom. The third-order valence-corrected chi connectivity index (χ3v) is 8.48. The Hall–Kier alpha value is -3.07. The topological polar surface area (TPSA) is 46.2 Å². The molecule has 0 saturated carbocycles. The molecule has 1 heterocycles. The van der Waals surface area contributed by atoms with E-state index in [-0.39, 0.29) is 11.8 Å². The number of carbonyl (C=O) groups is 2. The van der Waals surface area contributed by atoms with Gasteiger partial charge in [-0.25, -0.2) is 0 Å². The largest absolute Gasteiger partial charge is 0.288 e. The highest BCUT2D eigenvalue weighted by Gasteiger charge is 2.28. The van der Waals surface area contributed by atoms with Crippen LogP contribution in [0.3, 0.4) is 0 Å². The second-order valence-corrected chi connectivity index (χ2v) is 10.8. The normalized spacial score (nSPS) is 12.1. The number of nitrogens with one attached hydrogen (secondary N) is 1. The van der Waals surface area contributed by atoms with Crippen LogP contribution in [0.15, 0.2) is 109 Å². The predicted octanol–water partition coefficient (Wildman–Crippen LogP) is 5.34. The fourth-order valence-corrected chi connectivity index (χ4v) is 6.52. The van der Waals surface area contributed by atoms with Gasteiger partial charge in [-0.1, -0.05) is 119 Å². The summed E-state index contributed by atoms with van der Waals surface area (Å²) >= 11 is 3.35. The van der Waals surface area contributed by atoms with Crippen molar-refractivity contribution in [1.82, 2.24) is 5.32 Å². The maximum Gasteiger partial charge on any atom is 0.259 e. The van der Waals surface area contributed by atoms with Gasteiger partial charge in [0, 0.05) is 5.33 Å². The lowest BCUT2D eigenvalue weighted by molar-refractivity contribution is 0.0879. The standard InChI is InChI=1S/C18H15P.C11H10BrNO2/c1-4-10-16(11-5-1)19(17-12-6-2-7-13-17)18-14-8-3-9-15-18;12-6-2-4-7-3-1-5-8-9(7)11(15)13-10(8)14/h1-15H;1,3,5H,2,4,6H2,(H,13,14,15). The summed E-state index contributed by atoms with van der Waals surface area (Å²) in [6, 6.07) is 37.7. The lowest BCUT2D eigenvalue weighted by Gasteiger charge is -2.18. The monoisotopic (exact) mass is 529 g/mol. The summed E-state index contributed by atoms with van der Waals surface area (Å²) < 4.78 is 0. The Labute approximate surface area is 210 Å². The second-order valence-electron chi connectivity index (χ2n) is 7.76. The molecule has 5 rings (SSSR count). The summed E-state index contributed by atoms with van der Waals surface area (Å²) in [5.41, 5.74) is 2.02. The number of amides is 2. The summed E-state index contributed by atoms with van der Waals surface area (Å²) in [6.45, 7) is 0. The molecule has 3 nitrogen and oxygen atoms in total. The highest BCUT2D eigenvalue weighted by molar-refractivity contribution is 9.09. The van der Waals surface area contributed by atoms with Crippen molar-refractivity contribution < 1.29 is 9.59 Å². The molecule has 0 spiro atoms. The minimum absolute atomic E-state index is 0.264. The average molecular weight is 530 g/mol. The number of hydrogen-bond acceptors (Lipinski definition) is 2. The van der Waals surface area contributed by atoms with Gasteiger partial charge in [0.2, 0.25) is 0 Å². The Balaban J connectivity index is 0.000000166. The molecule has 170 valence electrons. The minimum atomic E-state index is -0.446. The lowest BCUT2D eigenvalue weighted by Crippen LogP contribution is -2.20. The van der Waals surface area contributed by atoms with Gasteiger partial charge < -0.3 is 0 Å². The van der Waals surface area contributed by atoms with E-state index in [1.165, 1.54) is 15.9 Å². The molecule has 5 heteroatoms. The molecule has 4 aromatic rings. The van der Waals surface area contributed by atoms with Gasteiger partial charge in [0.1, 0.15) is 0 Å². The van der Waals surface area contributed by atoms with E-state index in [2.05, 4.69) is 112 Å². The molecule has 1 N–H and O–H groups in total. The van der Waals surface area contributed by atoms with E-state index in [1.807, 2.05) is 12.1 Å². The van der Waals surface area contributed by atoms with E-state index in [0.717, 1.165) is 23.7 Å². The first-order chi connectivity index (χ1) is 16.7. The molecule has 0 fully saturated rings. The summed E-state index contributed by atoms with van der Waals surface area (Å²) in [5.74, 6) is -0.545. The van der Waals surface area contributed by atoms with E-state index in [1.54, 1.807) is 6.07 Å². The van der Waals surface area contributed by atoms with Crippen molar-refractivity contribution in [2.24, 2.45) is 0 Å². The molecule has 2 amide bonds. The first-order valence-electron chi connectivity index (χ1n) is 11.2. The van der Waals surface area contributed by atoms with E-state index in [4.69, 9.17) is 0 Å². The van der Waals surface area contributed by atoms with Gasteiger partial charge in [-0.05, 0) is 48.3 Å². The van der Waals surface area contributed by atoms with Crippen molar-refractivity contribution in [2.45, 2.75) is 12.8 Å². The van der Waals surface area contributed by atoms with Crippen LogP contribution >= 0.6 is 23.9 Å². The molecule has 34 heavy (non-hydrogen) atoms. The van der Waals surface area contributed by atoms with E-state index >= 15 is 0 Å². The molecule has 0 unspecified atom stereocenters. The van der Waals surface area contributed by atoms with E-state index in [9.17, 15) is 9.59 Å². The van der Waals surface area contributed by atoms with Gasteiger partial charge in [-0.15, -0.1) is 0 Å². The maximum atomic E-state index is 11.5. The highest BCUT2D eigenvalue weighted by Crippen LogP contribution is 2.32. The molecule has 0 bridgehead atoms. The van der Waals surface area contributed by atoms with Crippen LogP contribution in [0.4, 0.5) is 0 Å². The van der Waals surface area contributed by atoms with Crippen LogP contribution in [0.1, 0.15) is 32.7 Å². The fourth-order valence-electron chi connectivity index (χ4n) is 3.93. The van der Waals surface area contributed by atoms with Crippen LogP contribution in [0.25, 0.3) is 0 Å². The van der Waals surface area contributed by atoms with E-state index in [0.29, 0.717) is 11.1 Å². The number of aryl methyl sites for hydroxylation is 1. The summed E-state index contributed by atoms with van der Waals surface area (Å²) in [4.78, 5) is 22.9. The second kappa shape index (κ2) is 11.9. The van der Waals surface area contributed by atoms with Crippen LogP contribution in [0, 0.1) is 0 Å². The SMILES string of the molecule is O=C1NC(=O)c2c(CCCBr)cccc21.c1ccc(P(c2ccccc2)c2ccccc2)cc1. The molecule has 4 aromatic carbocycles. The van der Waals surface area contributed by atoms with Crippen molar-refractivity contribution >= 4 is 51.6 Å². The first kappa shape index (κ1) is 24.1. The van der Waals surface area contributed by atoms with Crippen molar-refractivity contribution in [3.63, 3.8) is 0 Å². The Kier molecular flexibility index (Phi) is 8.41. The fraction of sp³-hybridized carbons (Fsp3) is 0.103. The molecule has 0 aliphatic carbocycles. The lowest BCUT2D eigenvalue weighted by atomic mass is 9.99. The van der Waals surface area contributed by atoms with Crippen molar-refractivity contribution in [3.05, 3.63) is 126 Å². The predicted molar refractivity (Wildman–Crippen MR) is 146 cm³/mol. The van der Waals surface area contributed by atoms with E-state index < -0.39 is 7.92 Å². The Morgan fingerprint density at radius 1 is 0.618 bits per heavy atom. The smallest absolute Gasteiger partial charge is 0.259 e. The Morgan fingerprint density at radius 3 is 1.59 bits per heavy atom. The van der Waals surface area contributed by atoms with Crippen LogP contribution < -0.4 is 21.2 Å². The number of fused-ring (bicyclic) bond motifs is 1. The molecule has 1 aliphatic heterocycles. The minimum Gasteiger partial charge on any atom is -0.288 e. The number of imide groups is 1. The van der Waals surface area contributed by atoms with Crippen molar-refractivity contribution in [2.75, 3.05) is 5.33 Å². The number of halogens is 1. The number of alkyl halides is 1. The number of rotatable bonds is 6. The summed E-state index contributed by atoms with van der Waals surface area (Å²) in [6.07, 6.45) is 1.77. The van der Waals surface area contributed by atoms with Crippen LogP contribution in [0.2, 0.25) is 0 Å². The third-order valence-electron chi connectivity index (χ3n) is 5.47. The average Bonchev–Trinajstić information content (AvgIpc) is 3.19. The number of hydrogen-bond donors (Lipinski definition) is 1. The molecule has 0 saturated heterocycles. The highest BCUT2D eigenvalue weighted by atomic mass is 79.9. The molecule has 0 aromatic heterocycles. The van der Waals surface area contributed by atoms with Gasteiger partial charge in [0.15, 0.2) is 0 Å². The van der Waals surface area contributed by atoms with Gasteiger partial charge in [-0.2, -0.15) is 0 Å². The van der Waals surface area contributed by atoms with Crippen molar-refractivity contribution in [1.29, 1.82) is 0 Å². The van der Waals surface area contributed by atoms with Crippen molar-refractivity contribution in [3.8, 4) is 0 Å². The third kappa shape index (κ3) is 5.70. The molecule has 0 radical (unpaired) electrons. The molecular formula is C29H25BrNO2P. The zero-order valence-electron chi connectivity index (χ0n) is 18.7. The number of carbonyl (C=O) groups excluding carboxylic acids is 2. The van der Waals surface area contributed by atoms with Gasteiger partial charge in [-0.3, -0.25) is 14.9 Å². The first-order valence-corrected chi connectivity index (χ1v) is 13.6. The zero-order valence-corrected chi connectivity index (χ0v) is 21.1. The molecule has 0 atom stereocenters. The van der Waals surface area contributed by atoms with Crippen LogP contribution in [0.5, 0.6) is 0 Å². The summed E-state index contributed by atoms with van der Waals surface area (Å²) in [7, 11) is -0.446. The summed E-state index contributed by atoms with van der Waals surface area (Å²) in [5, 5.41) is 7.40. The molecular weight excluding hydrogens is 505 g/mol. The number of benzene rings is 4. The van der Waals surface area contributed by atoms with Gasteiger partial charge >= 0.3 is 0 Å². The van der Waals surface area contributed by atoms with Crippen LogP contribution in [-0.4, -0.2) is 17.1 Å². The maximum absolute atomic E-state index is 11.5.